The lowest BCUT2D eigenvalue weighted by molar-refractivity contribution is 0.315. The van der Waals surface area contributed by atoms with Gasteiger partial charge in [0.1, 0.15) is 4.90 Å². The fraction of sp³-hybridized carbons (Fsp3) is 0.600. The lowest BCUT2D eigenvalue weighted by Crippen LogP contribution is -2.39. The number of hydrogen-bond donors (Lipinski definition) is 0. The fourth-order valence-electron chi connectivity index (χ4n) is 2.83. The number of alkyl halides is 1. The van der Waals surface area contributed by atoms with Crippen LogP contribution in [0.15, 0.2) is 23.1 Å². The molecule has 3 nitrogen and oxygen atoms in total. The summed E-state index contributed by atoms with van der Waals surface area (Å²) < 4.78 is 27.6. The zero-order valence-corrected chi connectivity index (χ0v) is 14.5. The second kappa shape index (κ2) is 7.32. The first kappa shape index (κ1) is 17.1. The Morgan fingerprint density at radius 1 is 1.29 bits per heavy atom. The molecule has 1 aromatic carbocycles. The molecule has 118 valence electrons. The Hall–Kier alpha value is -0.290. The van der Waals surface area contributed by atoms with Crippen LogP contribution in [0.1, 0.15) is 44.6 Å². The van der Waals surface area contributed by atoms with Crippen LogP contribution in [0.5, 0.6) is 0 Å². The molecule has 21 heavy (non-hydrogen) atoms. The summed E-state index contributed by atoms with van der Waals surface area (Å²) in [5, 5.41) is 0.267. The van der Waals surface area contributed by atoms with Crippen molar-refractivity contribution in [3.8, 4) is 0 Å². The molecule has 6 heteroatoms. The summed E-state index contributed by atoms with van der Waals surface area (Å²) in [7, 11) is -3.57. The van der Waals surface area contributed by atoms with Crippen molar-refractivity contribution in [2.75, 3.05) is 6.54 Å². The van der Waals surface area contributed by atoms with Gasteiger partial charge in [0, 0.05) is 18.5 Å². The van der Waals surface area contributed by atoms with E-state index in [0.29, 0.717) is 6.54 Å². The molecule has 1 unspecified atom stereocenters. The highest BCUT2D eigenvalue weighted by atomic mass is 35.5. The van der Waals surface area contributed by atoms with Gasteiger partial charge < -0.3 is 0 Å². The third-order valence-electron chi connectivity index (χ3n) is 4.03. The highest BCUT2D eigenvalue weighted by Gasteiger charge is 2.32. The average Bonchev–Trinajstić information content (AvgIpc) is 2.73. The number of nitrogens with zero attached hydrogens (tertiary/aromatic N) is 1. The topological polar surface area (TPSA) is 37.4 Å². The van der Waals surface area contributed by atoms with Crippen molar-refractivity contribution in [3.63, 3.8) is 0 Å². The Morgan fingerprint density at radius 2 is 2.05 bits per heavy atom. The van der Waals surface area contributed by atoms with Crippen molar-refractivity contribution in [1.82, 2.24) is 4.31 Å². The fourth-order valence-corrected chi connectivity index (χ4v) is 5.29. The lowest BCUT2D eigenvalue weighted by Gasteiger charge is -2.28. The Morgan fingerprint density at radius 3 is 2.71 bits per heavy atom. The monoisotopic (exact) mass is 349 g/mol. The van der Waals surface area contributed by atoms with E-state index >= 15 is 0 Å². The van der Waals surface area contributed by atoms with Gasteiger partial charge in [0.25, 0.3) is 0 Å². The molecule has 1 aliphatic heterocycles. The first-order valence-electron chi connectivity index (χ1n) is 7.37. The van der Waals surface area contributed by atoms with Crippen molar-refractivity contribution in [2.45, 2.75) is 55.8 Å². The normalized spacial score (nSPS) is 21.2. The third-order valence-corrected chi connectivity index (χ3v) is 6.77. The third kappa shape index (κ3) is 3.73. The Balaban J connectivity index is 2.44. The van der Waals surface area contributed by atoms with Crippen molar-refractivity contribution in [1.29, 1.82) is 0 Å². The van der Waals surface area contributed by atoms with Crippen molar-refractivity contribution < 1.29 is 8.42 Å². The average molecular weight is 350 g/mol. The molecular weight excluding hydrogens is 329 g/mol. The van der Waals surface area contributed by atoms with Gasteiger partial charge in [-0.1, -0.05) is 37.4 Å². The van der Waals surface area contributed by atoms with Gasteiger partial charge in [-0.25, -0.2) is 8.42 Å². The van der Waals surface area contributed by atoms with E-state index < -0.39 is 10.0 Å². The van der Waals surface area contributed by atoms with E-state index in [4.69, 9.17) is 23.2 Å². The minimum Gasteiger partial charge on any atom is -0.207 e. The zero-order chi connectivity index (χ0) is 15.5. The van der Waals surface area contributed by atoms with Gasteiger partial charge in [0.2, 0.25) is 10.0 Å². The quantitative estimate of drug-likeness (QED) is 0.754. The van der Waals surface area contributed by atoms with Gasteiger partial charge in [0.05, 0.1) is 5.02 Å². The zero-order valence-electron chi connectivity index (χ0n) is 12.2. The molecule has 0 amide bonds. The van der Waals surface area contributed by atoms with Crippen LogP contribution in [0.2, 0.25) is 5.02 Å². The van der Waals surface area contributed by atoms with Gasteiger partial charge in [-0.2, -0.15) is 4.31 Å². The predicted octanol–water partition coefficient (Wildman–Crippen LogP) is 4.42. The first-order valence-corrected chi connectivity index (χ1v) is 9.72. The largest absolute Gasteiger partial charge is 0.244 e. The Kier molecular flexibility index (Phi) is 5.95. The molecule has 0 radical (unpaired) electrons. The maximum Gasteiger partial charge on any atom is 0.244 e. The van der Waals surface area contributed by atoms with Crippen LogP contribution in [-0.2, 0) is 15.9 Å². The van der Waals surface area contributed by atoms with Gasteiger partial charge in [-0.15, -0.1) is 11.6 Å². The molecule has 0 spiro atoms. The van der Waals surface area contributed by atoms with Crippen LogP contribution in [-0.4, -0.2) is 25.3 Å². The number of halogens is 2. The molecule has 0 saturated carbocycles. The van der Waals surface area contributed by atoms with E-state index in [1.807, 2.05) is 6.92 Å². The summed E-state index contributed by atoms with van der Waals surface area (Å²) in [6.07, 6.45) is 4.81. The molecule has 1 heterocycles. The second-order valence-corrected chi connectivity index (χ2v) is 7.96. The summed E-state index contributed by atoms with van der Waals surface area (Å²) >= 11 is 12.0. The standard InChI is InChI=1S/C15H21Cl2NO2S/c1-2-13-6-4-3-5-9-18(13)21(19,20)15-10-12(11-16)7-8-14(15)17/h7-8,10,13H,2-6,9,11H2,1H3. The van der Waals surface area contributed by atoms with Crippen LogP contribution < -0.4 is 0 Å². The molecule has 1 aromatic rings. The minimum absolute atomic E-state index is 0.0632. The molecule has 1 atom stereocenters. The van der Waals surface area contributed by atoms with Crippen LogP contribution in [0.25, 0.3) is 0 Å². The van der Waals surface area contributed by atoms with E-state index in [2.05, 4.69) is 0 Å². The van der Waals surface area contributed by atoms with Crippen molar-refractivity contribution >= 4 is 33.2 Å². The molecule has 0 bridgehead atoms. The van der Waals surface area contributed by atoms with Crippen LogP contribution >= 0.6 is 23.2 Å². The Labute approximate surface area is 137 Å². The highest BCUT2D eigenvalue weighted by Crippen LogP contribution is 2.31. The molecule has 1 aliphatic rings. The molecule has 1 saturated heterocycles. The van der Waals surface area contributed by atoms with E-state index in [1.165, 1.54) is 0 Å². The van der Waals surface area contributed by atoms with Crippen LogP contribution in [0.4, 0.5) is 0 Å². The summed E-state index contributed by atoms with van der Waals surface area (Å²) in [6.45, 7) is 2.61. The summed E-state index contributed by atoms with van der Waals surface area (Å²) in [4.78, 5) is 0.183. The van der Waals surface area contributed by atoms with Gasteiger partial charge in [-0.3, -0.25) is 0 Å². The molecule has 0 aliphatic carbocycles. The first-order chi connectivity index (χ1) is 10.0. The highest BCUT2D eigenvalue weighted by molar-refractivity contribution is 7.89. The maximum atomic E-state index is 13.0. The smallest absolute Gasteiger partial charge is 0.207 e. The minimum atomic E-state index is -3.57. The number of benzene rings is 1. The van der Waals surface area contributed by atoms with E-state index in [9.17, 15) is 8.42 Å². The van der Waals surface area contributed by atoms with Gasteiger partial charge in [0.15, 0.2) is 0 Å². The number of hydrogen-bond acceptors (Lipinski definition) is 2. The number of sulfonamides is 1. The molecule has 2 rings (SSSR count). The van der Waals surface area contributed by atoms with Crippen molar-refractivity contribution in [2.24, 2.45) is 0 Å². The van der Waals surface area contributed by atoms with E-state index in [1.54, 1.807) is 22.5 Å². The number of rotatable bonds is 4. The van der Waals surface area contributed by atoms with Gasteiger partial charge in [-0.05, 0) is 37.0 Å². The maximum absolute atomic E-state index is 13.0. The van der Waals surface area contributed by atoms with E-state index in [-0.39, 0.29) is 21.8 Å². The predicted molar refractivity (Wildman–Crippen MR) is 87.4 cm³/mol. The summed E-state index contributed by atoms with van der Waals surface area (Å²) in [5.41, 5.74) is 0.766. The van der Waals surface area contributed by atoms with Crippen LogP contribution in [0, 0.1) is 0 Å². The SMILES string of the molecule is CCC1CCCCCN1S(=O)(=O)c1cc(CCl)ccc1Cl. The molecular formula is C15H21Cl2NO2S. The Bertz CT molecular complexity index is 589. The van der Waals surface area contributed by atoms with Gasteiger partial charge >= 0.3 is 0 Å². The molecule has 0 N–H and O–H groups in total. The van der Waals surface area contributed by atoms with E-state index in [0.717, 1.165) is 37.7 Å². The lowest BCUT2D eigenvalue weighted by atomic mass is 10.1. The van der Waals surface area contributed by atoms with Crippen LogP contribution in [0.3, 0.4) is 0 Å². The summed E-state index contributed by atoms with van der Waals surface area (Å²) in [5.74, 6) is 0.275. The molecule has 0 aromatic heterocycles. The summed E-state index contributed by atoms with van der Waals surface area (Å²) in [6, 6.07) is 5.04. The van der Waals surface area contributed by atoms with Crippen molar-refractivity contribution in [3.05, 3.63) is 28.8 Å². The molecule has 1 fully saturated rings. The second-order valence-electron chi connectivity index (χ2n) is 5.43.